The molecule has 1 amide bonds. The SMILES string of the molecule is Cc1nn(C(C)C)c(C)c1NC(=O)[C@H]1C[C@H]1c1cccc(Cl)c1. The lowest BCUT2D eigenvalue weighted by atomic mass is 10.1. The largest absolute Gasteiger partial charge is 0.323 e. The minimum Gasteiger partial charge on any atom is -0.323 e. The topological polar surface area (TPSA) is 46.9 Å². The third kappa shape index (κ3) is 3.13. The molecule has 1 saturated carbocycles. The van der Waals surface area contributed by atoms with Gasteiger partial charge in [0.15, 0.2) is 0 Å². The zero-order chi connectivity index (χ0) is 16.7. The third-order valence-corrected chi connectivity index (χ3v) is 4.70. The Morgan fingerprint density at radius 2 is 2.13 bits per heavy atom. The van der Waals surface area contributed by atoms with Gasteiger partial charge in [0.2, 0.25) is 5.91 Å². The number of rotatable bonds is 4. The molecule has 3 rings (SSSR count). The smallest absolute Gasteiger partial charge is 0.228 e. The van der Waals surface area contributed by atoms with E-state index in [2.05, 4.69) is 24.3 Å². The quantitative estimate of drug-likeness (QED) is 0.898. The van der Waals surface area contributed by atoms with E-state index in [1.165, 1.54) is 0 Å². The molecule has 1 aliphatic carbocycles. The monoisotopic (exact) mass is 331 g/mol. The number of hydrogen-bond donors (Lipinski definition) is 1. The molecular weight excluding hydrogens is 310 g/mol. The summed E-state index contributed by atoms with van der Waals surface area (Å²) in [7, 11) is 0. The van der Waals surface area contributed by atoms with Crippen LogP contribution in [0.3, 0.4) is 0 Å². The van der Waals surface area contributed by atoms with Crippen LogP contribution in [0.5, 0.6) is 0 Å². The molecule has 0 saturated heterocycles. The van der Waals surface area contributed by atoms with Gasteiger partial charge in [-0.3, -0.25) is 9.48 Å². The number of carbonyl (C=O) groups is 1. The molecule has 0 radical (unpaired) electrons. The van der Waals surface area contributed by atoms with Gasteiger partial charge in [-0.1, -0.05) is 23.7 Å². The Morgan fingerprint density at radius 3 is 2.74 bits per heavy atom. The molecular formula is C18H22ClN3O. The third-order valence-electron chi connectivity index (χ3n) is 4.47. The summed E-state index contributed by atoms with van der Waals surface area (Å²) in [5, 5.41) is 8.31. The number of aromatic nitrogens is 2. The maximum absolute atomic E-state index is 12.5. The summed E-state index contributed by atoms with van der Waals surface area (Å²) in [6, 6.07) is 8.06. The summed E-state index contributed by atoms with van der Waals surface area (Å²) in [5.41, 5.74) is 3.86. The average Bonchev–Trinajstić information content (AvgIpc) is 3.24. The predicted octanol–water partition coefficient (Wildman–Crippen LogP) is 4.48. The first-order valence-corrected chi connectivity index (χ1v) is 8.38. The van der Waals surface area contributed by atoms with Crippen molar-refractivity contribution in [2.45, 2.75) is 46.1 Å². The number of nitrogens with one attached hydrogen (secondary N) is 1. The number of benzene rings is 1. The average molecular weight is 332 g/mol. The number of anilines is 1. The van der Waals surface area contributed by atoms with E-state index < -0.39 is 0 Å². The lowest BCUT2D eigenvalue weighted by Gasteiger charge is -2.09. The van der Waals surface area contributed by atoms with Crippen LogP contribution in [-0.2, 0) is 4.79 Å². The van der Waals surface area contributed by atoms with Crippen LogP contribution in [0.15, 0.2) is 24.3 Å². The van der Waals surface area contributed by atoms with Gasteiger partial charge in [-0.05, 0) is 57.7 Å². The lowest BCUT2D eigenvalue weighted by Crippen LogP contribution is -2.16. The maximum Gasteiger partial charge on any atom is 0.228 e. The van der Waals surface area contributed by atoms with Crippen molar-refractivity contribution in [3.63, 3.8) is 0 Å². The zero-order valence-corrected chi connectivity index (χ0v) is 14.7. The first-order chi connectivity index (χ1) is 10.9. The molecule has 1 fully saturated rings. The van der Waals surface area contributed by atoms with Gasteiger partial charge in [0, 0.05) is 17.0 Å². The number of carbonyl (C=O) groups excluding carboxylic acids is 1. The van der Waals surface area contributed by atoms with Gasteiger partial charge in [0.25, 0.3) is 0 Å². The zero-order valence-electron chi connectivity index (χ0n) is 13.9. The molecule has 122 valence electrons. The van der Waals surface area contributed by atoms with Gasteiger partial charge in [-0.25, -0.2) is 0 Å². The van der Waals surface area contributed by atoms with Crippen molar-refractivity contribution in [1.82, 2.24) is 9.78 Å². The molecule has 0 spiro atoms. The maximum atomic E-state index is 12.5. The fourth-order valence-corrected chi connectivity index (χ4v) is 3.35. The highest BCUT2D eigenvalue weighted by Gasteiger charge is 2.44. The summed E-state index contributed by atoms with van der Waals surface area (Å²) in [4.78, 5) is 12.5. The Balaban J connectivity index is 1.72. The van der Waals surface area contributed by atoms with Crippen LogP contribution in [0.1, 0.15) is 49.2 Å². The number of hydrogen-bond acceptors (Lipinski definition) is 2. The molecule has 1 aromatic heterocycles. The van der Waals surface area contributed by atoms with Crippen molar-refractivity contribution in [2.24, 2.45) is 5.92 Å². The number of nitrogens with zero attached hydrogens (tertiary/aromatic N) is 2. The van der Waals surface area contributed by atoms with E-state index in [-0.39, 0.29) is 23.8 Å². The molecule has 1 aliphatic rings. The lowest BCUT2D eigenvalue weighted by molar-refractivity contribution is -0.117. The van der Waals surface area contributed by atoms with Crippen LogP contribution in [0, 0.1) is 19.8 Å². The molecule has 2 aromatic rings. The fraction of sp³-hybridized carbons (Fsp3) is 0.444. The highest BCUT2D eigenvalue weighted by molar-refractivity contribution is 6.30. The molecule has 1 heterocycles. The van der Waals surface area contributed by atoms with Gasteiger partial charge < -0.3 is 5.32 Å². The molecule has 0 aliphatic heterocycles. The summed E-state index contributed by atoms with van der Waals surface area (Å²) in [5.74, 6) is 0.369. The molecule has 1 N–H and O–H groups in total. The van der Waals surface area contributed by atoms with E-state index in [0.29, 0.717) is 0 Å². The Morgan fingerprint density at radius 1 is 1.39 bits per heavy atom. The van der Waals surface area contributed by atoms with Gasteiger partial charge >= 0.3 is 0 Å². The highest BCUT2D eigenvalue weighted by atomic mass is 35.5. The Labute approximate surface area is 141 Å². The standard InChI is InChI=1S/C18H22ClN3O/c1-10(2)22-12(4)17(11(3)21-22)20-18(23)16-9-15(16)13-6-5-7-14(19)8-13/h5-8,10,15-16H,9H2,1-4H3,(H,20,23)/t15-,16-/m0/s1. The first kappa shape index (κ1) is 16.1. The van der Waals surface area contributed by atoms with Crippen molar-refractivity contribution in [2.75, 3.05) is 5.32 Å². The summed E-state index contributed by atoms with van der Waals surface area (Å²) >= 11 is 6.04. The Hall–Kier alpha value is -1.81. The van der Waals surface area contributed by atoms with Crippen LogP contribution in [0.2, 0.25) is 5.02 Å². The van der Waals surface area contributed by atoms with Crippen molar-refractivity contribution in [3.05, 3.63) is 46.2 Å². The molecule has 1 aromatic carbocycles. The normalized spacial score (nSPS) is 19.9. The second-order valence-electron chi connectivity index (χ2n) is 6.58. The summed E-state index contributed by atoms with van der Waals surface area (Å²) in [6.45, 7) is 8.10. The van der Waals surface area contributed by atoms with E-state index in [1.54, 1.807) is 0 Å². The Bertz CT molecular complexity index is 751. The number of amides is 1. The summed E-state index contributed by atoms with van der Waals surface area (Å²) < 4.78 is 1.95. The minimum atomic E-state index is 0.0228. The van der Waals surface area contributed by atoms with Gasteiger partial charge in [-0.15, -0.1) is 0 Å². The van der Waals surface area contributed by atoms with Crippen molar-refractivity contribution in [3.8, 4) is 0 Å². The van der Waals surface area contributed by atoms with Gasteiger partial charge in [0.05, 0.1) is 17.1 Å². The van der Waals surface area contributed by atoms with Crippen molar-refractivity contribution in [1.29, 1.82) is 0 Å². The minimum absolute atomic E-state index is 0.0228. The second-order valence-corrected chi connectivity index (χ2v) is 7.01. The van der Waals surface area contributed by atoms with E-state index in [1.807, 2.05) is 42.8 Å². The van der Waals surface area contributed by atoms with Crippen LogP contribution in [-0.4, -0.2) is 15.7 Å². The van der Waals surface area contributed by atoms with E-state index in [4.69, 9.17) is 11.6 Å². The molecule has 2 atom stereocenters. The van der Waals surface area contributed by atoms with Gasteiger partial charge in [0.1, 0.15) is 0 Å². The fourth-order valence-electron chi connectivity index (χ4n) is 3.15. The predicted molar refractivity (Wildman–Crippen MR) is 93.0 cm³/mol. The van der Waals surface area contributed by atoms with Crippen LogP contribution in [0.25, 0.3) is 0 Å². The van der Waals surface area contributed by atoms with Crippen molar-refractivity contribution >= 4 is 23.2 Å². The Kier molecular flexibility index (Phi) is 4.19. The summed E-state index contributed by atoms with van der Waals surface area (Å²) in [6.07, 6.45) is 0.878. The van der Waals surface area contributed by atoms with Crippen LogP contribution < -0.4 is 5.32 Å². The molecule has 23 heavy (non-hydrogen) atoms. The number of halogens is 1. The molecule has 5 heteroatoms. The molecule has 0 bridgehead atoms. The van der Waals surface area contributed by atoms with E-state index in [9.17, 15) is 4.79 Å². The van der Waals surface area contributed by atoms with Crippen LogP contribution in [0.4, 0.5) is 5.69 Å². The van der Waals surface area contributed by atoms with Gasteiger partial charge in [-0.2, -0.15) is 5.10 Å². The van der Waals surface area contributed by atoms with Crippen molar-refractivity contribution < 1.29 is 4.79 Å². The second kappa shape index (κ2) is 6.00. The van der Waals surface area contributed by atoms with E-state index >= 15 is 0 Å². The molecule has 4 nitrogen and oxygen atoms in total. The number of aryl methyl sites for hydroxylation is 1. The van der Waals surface area contributed by atoms with Crippen LogP contribution >= 0.6 is 11.6 Å². The molecule has 0 unspecified atom stereocenters. The highest BCUT2D eigenvalue weighted by Crippen LogP contribution is 2.48. The van der Waals surface area contributed by atoms with E-state index in [0.717, 1.165) is 34.1 Å². The first-order valence-electron chi connectivity index (χ1n) is 8.00.